The first-order valence-corrected chi connectivity index (χ1v) is 6.47. The van der Waals surface area contributed by atoms with Gasteiger partial charge < -0.3 is 14.4 Å². The lowest BCUT2D eigenvalue weighted by atomic mass is 9.95. The SMILES string of the molecule is CC(C)n1cncc1COC1CCC(O)CC1. The van der Waals surface area contributed by atoms with Gasteiger partial charge in [-0.3, -0.25) is 0 Å². The number of hydrogen-bond acceptors (Lipinski definition) is 3. The van der Waals surface area contributed by atoms with Gasteiger partial charge in [-0.1, -0.05) is 0 Å². The molecule has 0 aliphatic heterocycles. The van der Waals surface area contributed by atoms with Crippen molar-refractivity contribution >= 4 is 0 Å². The molecule has 0 saturated heterocycles. The average Bonchev–Trinajstić information content (AvgIpc) is 2.76. The topological polar surface area (TPSA) is 47.3 Å². The Morgan fingerprint density at radius 1 is 1.41 bits per heavy atom. The van der Waals surface area contributed by atoms with E-state index < -0.39 is 0 Å². The molecule has 0 atom stereocenters. The van der Waals surface area contributed by atoms with E-state index in [0.29, 0.717) is 18.8 Å². The highest BCUT2D eigenvalue weighted by atomic mass is 16.5. The predicted octanol–water partition coefficient (Wildman–Crippen LogP) is 2.28. The lowest BCUT2D eigenvalue weighted by molar-refractivity contribution is -0.0141. The molecule has 1 aromatic heterocycles. The summed E-state index contributed by atoms with van der Waals surface area (Å²) in [6.45, 7) is 4.91. The third-order valence-electron chi connectivity index (χ3n) is 3.41. The molecule has 1 heterocycles. The Morgan fingerprint density at radius 2 is 2.12 bits per heavy atom. The first-order valence-electron chi connectivity index (χ1n) is 6.47. The van der Waals surface area contributed by atoms with Crippen LogP contribution in [0.25, 0.3) is 0 Å². The Labute approximate surface area is 103 Å². The monoisotopic (exact) mass is 238 g/mol. The first kappa shape index (κ1) is 12.6. The van der Waals surface area contributed by atoms with Crippen molar-refractivity contribution in [2.45, 2.75) is 64.4 Å². The molecule has 2 rings (SSSR count). The quantitative estimate of drug-likeness (QED) is 0.875. The maximum absolute atomic E-state index is 9.43. The molecule has 0 bridgehead atoms. The van der Waals surface area contributed by atoms with Crippen LogP contribution >= 0.6 is 0 Å². The maximum atomic E-state index is 9.43. The van der Waals surface area contributed by atoms with Crippen LogP contribution < -0.4 is 0 Å². The summed E-state index contributed by atoms with van der Waals surface area (Å²) >= 11 is 0. The fourth-order valence-corrected chi connectivity index (χ4v) is 2.32. The molecule has 1 N–H and O–H groups in total. The van der Waals surface area contributed by atoms with Crippen molar-refractivity contribution in [3.05, 3.63) is 18.2 Å². The van der Waals surface area contributed by atoms with Gasteiger partial charge in [-0.25, -0.2) is 4.98 Å². The van der Waals surface area contributed by atoms with Crippen LogP contribution in [-0.4, -0.2) is 26.9 Å². The number of nitrogens with zero attached hydrogens (tertiary/aromatic N) is 2. The van der Waals surface area contributed by atoms with E-state index in [2.05, 4.69) is 23.4 Å². The van der Waals surface area contributed by atoms with Gasteiger partial charge in [0.05, 0.1) is 37.0 Å². The number of aliphatic hydroxyl groups is 1. The van der Waals surface area contributed by atoms with E-state index in [1.165, 1.54) is 0 Å². The molecule has 17 heavy (non-hydrogen) atoms. The van der Waals surface area contributed by atoms with Gasteiger partial charge >= 0.3 is 0 Å². The number of aromatic nitrogens is 2. The highest BCUT2D eigenvalue weighted by Gasteiger charge is 2.20. The molecule has 1 aromatic rings. The standard InChI is InChI=1S/C13H22N2O2/c1-10(2)15-9-14-7-11(15)8-17-13-5-3-12(16)4-6-13/h7,9-10,12-13,16H,3-6,8H2,1-2H3. The van der Waals surface area contributed by atoms with Crippen molar-refractivity contribution in [2.24, 2.45) is 0 Å². The van der Waals surface area contributed by atoms with Gasteiger partial charge in [0, 0.05) is 6.04 Å². The molecule has 0 aromatic carbocycles. The Hall–Kier alpha value is -0.870. The van der Waals surface area contributed by atoms with E-state index in [0.717, 1.165) is 31.4 Å². The smallest absolute Gasteiger partial charge is 0.0951 e. The summed E-state index contributed by atoms with van der Waals surface area (Å²) in [6.07, 6.45) is 7.59. The van der Waals surface area contributed by atoms with Crippen LogP contribution in [0.5, 0.6) is 0 Å². The van der Waals surface area contributed by atoms with Crippen LogP contribution in [0.4, 0.5) is 0 Å². The zero-order valence-corrected chi connectivity index (χ0v) is 10.7. The highest BCUT2D eigenvalue weighted by Crippen LogP contribution is 2.22. The fraction of sp³-hybridized carbons (Fsp3) is 0.769. The molecular formula is C13H22N2O2. The van der Waals surface area contributed by atoms with Crippen LogP contribution in [-0.2, 0) is 11.3 Å². The van der Waals surface area contributed by atoms with Crippen molar-refractivity contribution in [2.75, 3.05) is 0 Å². The molecule has 1 fully saturated rings. The van der Waals surface area contributed by atoms with Crippen molar-refractivity contribution in [1.82, 2.24) is 9.55 Å². The van der Waals surface area contributed by atoms with E-state index >= 15 is 0 Å². The largest absolute Gasteiger partial charge is 0.393 e. The molecule has 4 nitrogen and oxygen atoms in total. The second kappa shape index (κ2) is 5.65. The van der Waals surface area contributed by atoms with Crippen LogP contribution in [0, 0.1) is 0 Å². The van der Waals surface area contributed by atoms with E-state index in [1.54, 1.807) is 0 Å². The van der Waals surface area contributed by atoms with Gasteiger partial charge in [-0.05, 0) is 39.5 Å². The Bertz CT molecular complexity index is 341. The molecule has 0 radical (unpaired) electrons. The molecular weight excluding hydrogens is 216 g/mol. The number of aliphatic hydroxyl groups excluding tert-OH is 1. The van der Waals surface area contributed by atoms with Crippen LogP contribution in [0.2, 0.25) is 0 Å². The van der Waals surface area contributed by atoms with Crippen molar-refractivity contribution < 1.29 is 9.84 Å². The summed E-state index contributed by atoms with van der Waals surface area (Å²) < 4.78 is 8.03. The summed E-state index contributed by atoms with van der Waals surface area (Å²) in [4.78, 5) is 4.16. The number of imidazole rings is 1. The molecule has 0 spiro atoms. The zero-order chi connectivity index (χ0) is 12.3. The molecule has 1 aliphatic rings. The average molecular weight is 238 g/mol. The summed E-state index contributed by atoms with van der Waals surface area (Å²) in [7, 11) is 0. The summed E-state index contributed by atoms with van der Waals surface area (Å²) in [6, 6.07) is 0.421. The Balaban J connectivity index is 1.83. The minimum Gasteiger partial charge on any atom is -0.393 e. The number of rotatable bonds is 4. The minimum absolute atomic E-state index is 0.115. The normalized spacial score (nSPS) is 25.4. The van der Waals surface area contributed by atoms with Crippen LogP contribution in [0.1, 0.15) is 51.3 Å². The minimum atomic E-state index is -0.115. The Kier molecular flexibility index (Phi) is 4.18. The molecule has 0 unspecified atom stereocenters. The van der Waals surface area contributed by atoms with Crippen molar-refractivity contribution in [3.63, 3.8) is 0 Å². The predicted molar refractivity (Wildman–Crippen MR) is 65.7 cm³/mol. The first-order chi connectivity index (χ1) is 8.16. The number of hydrogen-bond donors (Lipinski definition) is 1. The van der Waals surface area contributed by atoms with Gasteiger partial charge in [0.15, 0.2) is 0 Å². The third kappa shape index (κ3) is 3.30. The number of ether oxygens (including phenoxy) is 1. The third-order valence-corrected chi connectivity index (χ3v) is 3.41. The van der Waals surface area contributed by atoms with Gasteiger partial charge in [0.25, 0.3) is 0 Å². The summed E-state index contributed by atoms with van der Waals surface area (Å²) in [5, 5.41) is 9.43. The summed E-state index contributed by atoms with van der Waals surface area (Å²) in [5.74, 6) is 0. The van der Waals surface area contributed by atoms with E-state index in [-0.39, 0.29) is 6.10 Å². The van der Waals surface area contributed by atoms with E-state index in [4.69, 9.17) is 4.74 Å². The second-order valence-corrected chi connectivity index (χ2v) is 5.13. The van der Waals surface area contributed by atoms with E-state index in [9.17, 15) is 5.11 Å². The molecule has 4 heteroatoms. The second-order valence-electron chi connectivity index (χ2n) is 5.13. The lowest BCUT2D eigenvalue weighted by Crippen LogP contribution is -2.24. The molecule has 96 valence electrons. The fourth-order valence-electron chi connectivity index (χ4n) is 2.32. The highest BCUT2D eigenvalue weighted by molar-refractivity contribution is 4.98. The Morgan fingerprint density at radius 3 is 2.76 bits per heavy atom. The van der Waals surface area contributed by atoms with Gasteiger partial charge in [0.2, 0.25) is 0 Å². The maximum Gasteiger partial charge on any atom is 0.0951 e. The molecule has 1 aliphatic carbocycles. The van der Waals surface area contributed by atoms with E-state index in [1.807, 2.05) is 12.5 Å². The molecule has 1 saturated carbocycles. The van der Waals surface area contributed by atoms with Crippen molar-refractivity contribution in [3.8, 4) is 0 Å². The molecule has 0 amide bonds. The van der Waals surface area contributed by atoms with Crippen LogP contribution in [0.3, 0.4) is 0 Å². The van der Waals surface area contributed by atoms with Gasteiger partial charge in [-0.2, -0.15) is 0 Å². The summed E-state index contributed by atoms with van der Waals surface area (Å²) in [5.41, 5.74) is 1.13. The van der Waals surface area contributed by atoms with Crippen LogP contribution in [0.15, 0.2) is 12.5 Å². The van der Waals surface area contributed by atoms with Gasteiger partial charge in [-0.15, -0.1) is 0 Å². The van der Waals surface area contributed by atoms with Gasteiger partial charge in [0.1, 0.15) is 0 Å². The van der Waals surface area contributed by atoms with Crippen molar-refractivity contribution in [1.29, 1.82) is 0 Å². The lowest BCUT2D eigenvalue weighted by Gasteiger charge is -2.25. The zero-order valence-electron chi connectivity index (χ0n) is 10.7.